The van der Waals surface area contributed by atoms with E-state index in [-0.39, 0.29) is 12.0 Å². The average Bonchev–Trinajstić information content (AvgIpc) is 2.38. The fraction of sp³-hybridized carbons (Fsp3) is 0.500. The van der Waals surface area contributed by atoms with Crippen molar-refractivity contribution in [2.24, 2.45) is 5.92 Å². The van der Waals surface area contributed by atoms with Crippen molar-refractivity contribution in [3.8, 4) is 0 Å². The molecule has 1 N–H and O–H groups in total. The first-order valence-electron chi connectivity index (χ1n) is 6.18. The highest BCUT2D eigenvalue weighted by molar-refractivity contribution is 7.99. The Morgan fingerprint density at radius 2 is 2.33 bits per heavy atom. The molecule has 0 radical (unpaired) electrons. The minimum Gasteiger partial charge on any atom is -0.481 e. The van der Waals surface area contributed by atoms with E-state index in [9.17, 15) is 4.79 Å². The number of ether oxygens (including phenoxy) is 1. The van der Waals surface area contributed by atoms with Crippen molar-refractivity contribution in [3.05, 3.63) is 35.4 Å². The SMILES string of the molecule is CC(CSCC1OCCc2ccccc21)C(=O)O. The zero-order valence-corrected chi connectivity index (χ0v) is 11.3. The summed E-state index contributed by atoms with van der Waals surface area (Å²) in [5.41, 5.74) is 2.62. The van der Waals surface area contributed by atoms with E-state index in [1.54, 1.807) is 18.7 Å². The van der Waals surface area contributed by atoms with E-state index in [4.69, 9.17) is 9.84 Å². The van der Waals surface area contributed by atoms with Gasteiger partial charge in [-0.15, -0.1) is 0 Å². The lowest BCUT2D eigenvalue weighted by Crippen LogP contribution is -2.19. The van der Waals surface area contributed by atoms with E-state index in [2.05, 4.69) is 18.2 Å². The Morgan fingerprint density at radius 1 is 1.56 bits per heavy atom. The van der Waals surface area contributed by atoms with Crippen LogP contribution in [-0.4, -0.2) is 29.2 Å². The second-order valence-electron chi connectivity index (χ2n) is 4.58. The summed E-state index contributed by atoms with van der Waals surface area (Å²) < 4.78 is 5.78. The number of thioether (sulfide) groups is 1. The summed E-state index contributed by atoms with van der Waals surface area (Å²) in [7, 11) is 0. The van der Waals surface area contributed by atoms with Crippen LogP contribution in [0.1, 0.15) is 24.2 Å². The molecule has 2 unspecified atom stereocenters. The molecule has 0 saturated carbocycles. The Kier molecular flexibility index (Phi) is 4.66. The number of benzene rings is 1. The minimum absolute atomic E-state index is 0.112. The van der Waals surface area contributed by atoms with E-state index in [1.807, 2.05) is 6.07 Å². The maximum atomic E-state index is 10.7. The molecule has 1 aliphatic rings. The minimum atomic E-state index is -0.729. The number of fused-ring (bicyclic) bond motifs is 1. The van der Waals surface area contributed by atoms with Gasteiger partial charge in [0.25, 0.3) is 0 Å². The van der Waals surface area contributed by atoms with Crippen LogP contribution < -0.4 is 0 Å². The number of carboxylic acid groups (broad SMARTS) is 1. The zero-order valence-electron chi connectivity index (χ0n) is 10.5. The van der Waals surface area contributed by atoms with Gasteiger partial charge in [-0.2, -0.15) is 11.8 Å². The molecule has 4 heteroatoms. The summed E-state index contributed by atoms with van der Waals surface area (Å²) >= 11 is 1.65. The molecule has 1 aromatic carbocycles. The monoisotopic (exact) mass is 266 g/mol. The van der Waals surface area contributed by atoms with Crippen molar-refractivity contribution in [1.82, 2.24) is 0 Å². The van der Waals surface area contributed by atoms with Crippen LogP contribution in [0.3, 0.4) is 0 Å². The predicted octanol–water partition coefficient (Wildman–Crippen LogP) is 2.75. The van der Waals surface area contributed by atoms with E-state index < -0.39 is 5.97 Å². The number of hydrogen-bond donors (Lipinski definition) is 1. The molecule has 0 spiro atoms. The molecule has 0 aliphatic carbocycles. The molecule has 98 valence electrons. The second kappa shape index (κ2) is 6.25. The first kappa shape index (κ1) is 13.4. The van der Waals surface area contributed by atoms with Crippen LogP contribution in [0.4, 0.5) is 0 Å². The summed E-state index contributed by atoms with van der Waals surface area (Å²) in [6.45, 7) is 2.50. The molecule has 3 nitrogen and oxygen atoms in total. The second-order valence-corrected chi connectivity index (χ2v) is 5.66. The van der Waals surface area contributed by atoms with Gasteiger partial charge in [0.05, 0.1) is 18.6 Å². The highest BCUT2D eigenvalue weighted by Gasteiger charge is 2.21. The lowest BCUT2D eigenvalue weighted by atomic mass is 9.99. The van der Waals surface area contributed by atoms with Crippen molar-refractivity contribution >= 4 is 17.7 Å². The lowest BCUT2D eigenvalue weighted by Gasteiger charge is -2.26. The van der Waals surface area contributed by atoms with E-state index in [0.29, 0.717) is 5.75 Å². The number of carboxylic acids is 1. The van der Waals surface area contributed by atoms with Gasteiger partial charge >= 0.3 is 5.97 Å². The van der Waals surface area contributed by atoms with Gasteiger partial charge in [-0.25, -0.2) is 0 Å². The van der Waals surface area contributed by atoms with Crippen LogP contribution in [0.2, 0.25) is 0 Å². The molecular formula is C14H18O3S. The van der Waals surface area contributed by atoms with E-state index >= 15 is 0 Å². The summed E-state index contributed by atoms with van der Waals surface area (Å²) in [6, 6.07) is 8.35. The smallest absolute Gasteiger partial charge is 0.307 e. The van der Waals surface area contributed by atoms with Crippen LogP contribution in [0.5, 0.6) is 0 Å². The summed E-state index contributed by atoms with van der Waals surface area (Å²) in [5.74, 6) is 0.438. The summed E-state index contributed by atoms with van der Waals surface area (Å²) in [5, 5.41) is 8.83. The van der Waals surface area contributed by atoms with Gasteiger partial charge in [0.15, 0.2) is 0 Å². The normalized spacial score (nSPS) is 20.2. The third kappa shape index (κ3) is 3.27. The topological polar surface area (TPSA) is 46.5 Å². The predicted molar refractivity (Wildman–Crippen MR) is 73.0 cm³/mol. The fourth-order valence-electron chi connectivity index (χ4n) is 2.04. The Hall–Kier alpha value is -1.00. The third-order valence-corrected chi connectivity index (χ3v) is 4.43. The molecule has 0 saturated heterocycles. The molecule has 2 atom stereocenters. The van der Waals surface area contributed by atoms with Crippen LogP contribution >= 0.6 is 11.8 Å². The Morgan fingerprint density at radius 3 is 3.11 bits per heavy atom. The van der Waals surface area contributed by atoms with Crippen molar-refractivity contribution in [1.29, 1.82) is 0 Å². The van der Waals surface area contributed by atoms with Gasteiger partial charge in [-0.1, -0.05) is 31.2 Å². The van der Waals surface area contributed by atoms with Gasteiger partial charge < -0.3 is 9.84 Å². The maximum Gasteiger partial charge on any atom is 0.307 e. The number of hydrogen-bond acceptors (Lipinski definition) is 3. The average molecular weight is 266 g/mol. The standard InChI is InChI=1S/C14H18O3S/c1-10(14(15)16)8-18-9-13-12-5-3-2-4-11(12)6-7-17-13/h2-5,10,13H,6-9H2,1H3,(H,15,16). The van der Waals surface area contributed by atoms with Gasteiger partial charge in [0, 0.05) is 11.5 Å². The number of carbonyl (C=O) groups is 1. The fourth-order valence-corrected chi connectivity index (χ4v) is 3.16. The van der Waals surface area contributed by atoms with Crippen molar-refractivity contribution in [2.75, 3.05) is 18.1 Å². The van der Waals surface area contributed by atoms with Gasteiger partial charge in [-0.05, 0) is 17.5 Å². The first-order valence-corrected chi connectivity index (χ1v) is 7.34. The lowest BCUT2D eigenvalue weighted by molar-refractivity contribution is -0.140. The zero-order chi connectivity index (χ0) is 13.0. The molecule has 0 aromatic heterocycles. The van der Waals surface area contributed by atoms with Crippen LogP contribution in [0.25, 0.3) is 0 Å². The first-order chi connectivity index (χ1) is 8.68. The molecule has 1 heterocycles. The van der Waals surface area contributed by atoms with Crippen LogP contribution in [0.15, 0.2) is 24.3 Å². The molecule has 0 amide bonds. The largest absolute Gasteiger partial charge is 0.481 e. The van der Waals surface area contributed by atoms with Crippen molar-refractivity contribution < 1.29 is 14.6 Å². The highest BCUT2D eigenvalue weighted by atomic mass is 32.2. The van der Waals surface area contributed by atoms with Crippen LogP contribution in [0, 0.1) is 5.92 Å². The molecule has 0 fully saturated rings. The molecule has 18 heavy (non-hydrogen) atoms. The van der Waals surface area contributed by atoms with Crippen molar-refractivity contribution in [2.45, 2.75) is 19.4 Å². The quantitative estimate of drug-likeness (QED) is 0.890. The third-order valence-electron chi connectivity index (χ3n) is 3.15. The Bertz CT molecular complexity index is 419. The molecule has 0 bridgehead atoms. The molecular weight excluding hydrogens is 248 g/mol. The summed E-state index contributed by atoms with van der Waals surface area (Å²) in [6.07, 6.45) is 1.09. The molecule has 1 aliphatic heterocycles. The number of aliphatic carboxylic acids is 1. The van der Waals surface area contributed by atoms with Crippen molar-refractivity contribution in [3.63, 3.8) is 0 Å². The Balaban J connectivity index is 1.90. The van der Waals surface area contributed by atoms with E-state index in [0.717, 1.165) is 18.8 Å². The maximum absolute atomic E-state index is 10.7. The molecule has 2 rings (SSSR count). The van der Waals surface area contributed by atoms with Gasteiger partial charge in [0.2, 0.25) is 0 Å². The molecule has 1 aromatic rings. The highest BCUT2D eigenvalue weighted by Crippen LogP contribution is 2.30. The van der Waals surface area contributed by atoms with E-state index in [1.165, 1.54) is 11.1 Å². The van der Waals surface area contributed by atoms with Gasteiger partial charge in [0.1, 0.15) is 0 Å². The number of rotatable bonds is 5. The van der Waals surface area contributed by atoms with Crippen LogP contribution in [-0.2, 0) is 16.0 Å². The van der Waals surface area contributed by atoms with Gasteiger partial charge in [-0.3, -0.25) is 4.79 Å². The summed E-state index contributed by atoms with van der Waals surface area (Å²) in [4.78, 5) is 10.7. The Labute approximate surface area is 112 Å².